The number of aromatic nitrogens is 3. The molecule has 0 spiro atoms. The van der Waals surface area contributed by atoms with Gasteiger partial charge in [-0.05, 0) is 43.5 Å². The van der Waals surface area contributed by atoms with Gasteiger partial charge in [0.05, 0.1) is 16.2 Å². The summed E-state index contributed by atoms with van der Waals surface area (Å²) in [5, 5.41) is 1.50. The maximum atomic E-state index is 12.2. The molecule has 0 saturated carbocycles. The smallest absolute Gasteiger partial charge is 0.254 e. The highest BCUT2D eigenvalue weighted by atomic mass is 35.5. The zero-order valence-electron chi connectivity index (χ0n) is 11.2. The molecule has 5 heteroatoms. The fourth-order valence-corrected chi connectivity index (χ4v) is 3.11. The van der Waals surface area contributed by atoms with Crippen LogP contribution in [0.15, 0.2) is 35.3 Å². The van der Waals surface area contributed by atoms with Crippen LogP contribution < -0.4 is 5.56 Å². The zero-order chi connectivity index (χ0) is 14.4. The van der Waals surface area contributed by atoms with Crippen molar-refractivity contribution in [2.75, 3.05) is 0 Å². The van der Waals surface area contributed by atoms with Gasteiger partial charge < -0.3 is 4.98 Å². The van der Waals surface area contributed by atoms with E-state index >= 15 is 0 Å². The second-order valence-corrected chi connectivity index (χ2v) is 5.60. The Morgan fingerprint density at radius 2 is 2.10 bits per heavy atom. The minimum Gasteiger partial charge on any atom is -0.306 e. The third-order valence-electron chi connectivity index (χ3n) is 3.91. The fourth-order valence-electron chi connectivity index (χ4n) is 2.90. The summed E-state index contributed by atoms with van der Waals surface area (Å²) >= 11 is 6.21. The summed E-state index contributed by atoms with van der Waals surface area (Å²) in [6.07, 6.45) is 4.39. The summed E-state index contributed by atoms with van der Waals surface area (Å²) in [5.74, 6) is 0.570. The largest absolute Gasteiger partial charge is 0.306 e. The van der Waals surface area contributed by atoms with Gasteiger partial charge in [0, 0.05) is 22.7 Å². The highest BCUT2D eigenvalue weighted by Crippen LogP contribution is 2.30. The van der Waals surface area contributed by atoms with Crippen molar-refractivity contribution in [2.24, 2.45) is 0 Å². The summed E-state index contributed by atoms with van der Waals surface area (Å²) in [4.78, 5) is 24.1. The Morgan fingerprint density at radius 1 is 1.19 bits per heavy atom. The number of hydrogen-bond donors (Lipinski definition) is 1. The van der Waals surface area contributed by atoms with E-state index in [2.05, 4.69) is 15.0 Å². The Labute approximate surface area is 125 Å². The first-order valence-corrected chi connectivity index (χ1v) is 7.27. The van der Waals surface area contributed by atoms with Gasteiger partial charge in [-0.2, -0.15) is 0 Å². The monoisotopic (exact) mass is 297 g/mol. The van der Waals surface area contributed by atoms with Crippen LogP contribution in [0.25, 0.3) is 22.3 Å². The van der Waals surface area contributed by atoms with Gasteiger partial charge in [0.1, 0.15) is 5.82 Å². The van der Waals surface area contributed by atoms with Crippen LogP contribution in [-0.2, 0) is 12.8 Å². The van der Waals surface area contributed by atoms with Crippen molar-refractivity contribution in [3.8, 4) is 11.4 Å². The van der Waals surface area contributed by atoms with Gasteiger partial charge in [0.15, 0.2) is 0 Å². The molecule has 4 rings (SSSR count). The zero-order valence-corrected chi connectivity index (χ0v) is 11.9. The van der Waals surface area contributed by atoms with Crippen molar-refractivity contribution in [1.82, 2.24) is 15.0 Å². The molecule has 4 nitrogen and oxygen atoms in total. The van der Waals surface area contributed by atoms with Crippen molar-refractivity contribution >= 4 is 22.5 Å². The Kier molecular flexibility index (Phi) is 2.79. The van der Waals surface area contributed by atoms with Crippen LogP contribution in [0.3, 0.4) is 0 Å². The average molecular weight is 298 g/mol. The van der Waals surface area contributed by atoms with Crippen molar-refractivity contribution in [3.63, 3.8) is 0 Å². The van der Waals surface area contributed by atoms with Crippen LogP contribution >= 0.6 is 11.6 Å². The number of aromatic amines is 1. The van der Waals surface area contributed by atoms with Gasteiger partial charge in [-0.15, -0.1) is 0 Å². The van der Waals surface area contributed by atoms with E-state index in [9.17, 15) is 4.79 Å². The average Bonchev–Trinajstić information content (AvgIpc) is 2.97. The lowest BCUT2D eigenvalue weighted by Crippen LogP contribution is -2.15. The number of nitrogens with zero attached hydrogens (tertiary/aromatic N) is 2. The summed E-state index contributed by atoms with van der Waals surface area (Å²) in [6.45, 7) is 0. The first kappa shape index (κ1) is 12.5. The Hall–Kier alpha value is -2.20. The molecule has 0 aliphatic heterocycles. The van der Waals surface area contributed by atoms with Crippen LogP contribution in [0.1, 0.15) is 17.7 Å². The molecule has 0 radical (unpaired) electrons. The molecule has 0 amide bonds. The predicted octanol–water partition coefficient (Wildman–Crippen LogP) is 3.13. The molecule has 2 aromatic heterocycles. The number of pyridine rings is 1. The van der Waals surface area contributed by atoms with E-state index in [0.717, 1.165) is 47.0 Å². The third-order valence-corrected chi connectivity index (χ3v) is 4.24. The number of aryl methyl sites for hydroxylation is 1. The van der Waals surface area contributed by atoms with E-state index in [0.29, 0.717) is 10.8 Å². The summed E-state index contributed by atoms with van der Waals surface area (Å²) < 4.78 is 0. The maximum absolute atomic E-state index is 12.2. The van der Waals surface area contributed by atoms with Gasteiger partial charge in [0.25, 0.3) is 5.56 Å². The van der Waals surface area contributed by atoms with Crippen molar-refractivity contribution in [1.29, 1.82) is 0 Å². The molecule has 2 heterocycles. The molecule has 1 N–H and O–H groups in total. The van der Waals surface area contributed by atoms with Gasteiger partial charge in [-0.1, -0.05) is 11.6 Å². The van der Waals surface area contributed by atoms with Crippen LogP contribution in [0.2, 0.25) is 5.02 Å². The minimum atomic E-state index is -0.0356. The summed E-state index contributed by atoms with van der Waals surface area (Å²) in [6, 6.07) is 7.43. The molecule has 0 atom stereocenters. The molecule has 0 bridgehead atoms. The standard InChI is InChI=1S/C16H12ClN3O/c17-12-7-6-11(14-9(12)4-2-8-18-14)15-19-13-5-1-3-10(13)16(21)20-15/h2,4,6-8H,1,3,5H2,(H,19,20,21). The van der Waals surface area contributed by atoms with E-state index in [1.807, 2.05) is 24.3 Å². The lowest BCUT2D eigenvalue weighted by atomic mass is 10.1. The second-order valence-electron chi connectivity index (χ2n) is 5.19. The van der Waals surface area contributed by atoms with Gasteiger partial charge in [-0.3, -0.25) is 9.78 Å². The lowest BCUT2D eigenvalue weighted by molar-refractivity contribution is 0.899. The van der Waals surface area contributed by atoms with E-state index in [1.165, 1.54) is 0 Å². The quantitative estimate of drug-likeness (QED) is 0.751. The molecule has 0 fully saturated rings. The Morgan fingerprint density at radius 3 is 3.00 bits per heavy atom. The lowest BCUT2D eigenvalue weighted by Gasteiger charge is -2.08. The molecule has 3 aromatic rings. The number of benzene rings is 1. The summed E-state index contributed by atoms with van der Waals surface area (Å²) in [7, 11) is 0. The molecule has 1 aliphatic carbocycles. The first-order chi connectivity index (χ1) is 10.2. The van der Waals surface area contributed by atoms with Crippen molar-refractivity contribution < 1.29 is 0 Å². The second kappa shape index (κ2) is 4.67. The predicted molar refractivity (Wildman–Crippen MR) is 82.6 cm³/mol. The van der Waals surface area contributed by atoms with Gasteiger partial charge in [0.2, 0.25) is 0 Å². The SMILES string of the molecule is O=c1[nH]c(-c2ccc(Cl)c3cccnc23)nc2c1CCC2. The Bertz CT molecular complexity index is 917. The van der Waals surface area contributed by atoms with E-state index < -0.39 is 0 Å². The summed E-state index contributed by atoms with van der Waals surface area (Å²) in [5.41, 5.74) is 3.26. The Balaban J connectivity index is 2.02. The van der Waals surface area contributed by atoms with Crippen LogP contribution in [-0.4, -0.2) is 15.0 Å². The van der Waals surface area contributed by atoms with Gasteiger partial charge >= 0.3 is 0 Å². The van der Waals surface area contributed by atoms with E-state index in [-0.39, 0.29) is 5.56 Å². The number of nitrogens with one attached hydrogen (secondary N) is 1. The third kappa shape index (κ3) is 1.94. The van der Waals surface area contributed by atoms with Crippen molar-refractivity contribution in [2.45, 2.75) is 19.3 Å². The number of rotatable bonds is 1. The molecular weight excluding hydrogens is 286 g/mol. The number of hydrogen-bond acceptors (Lipinski definition) is 3. The fraction of sp³-hybridized carbons (Fsp3) is 0.188. The molecule has 1 aromatic carbocycles. The highest BCUT2D eigenvalue weighted by molar-refractivity contribution is 6.35. The van der Waals surface area contributed by atoms with Crippen molar-refractivity contribution in [3.05, 3.63) is 57.1 Å². The maximum Gasteiger partial charge on any atom is 0.254 e. The van der Waals surface area contributed by atoms with Gasteiger partial charge in [-0.25, -0.2) is 4.98 Å². The molecule has 21 heavy (non-hydrogen) atoms. The molecule has 0 unspecified atom stereocenters. The first-order valence-electron chi connectivity index (χ1n) is 6.90. The normalized spacial score (nSPS) is 13.6. The minimum absolute atomic E-state index is 0.0356. The topological polar surface area (TPSA) is 58.6 Å². The molecule has 0 saturated heterocycles. The van der Waals surface area contributed by atoms with Crippen LogP contribution in [0, 0.1) is 0 Å². The van der Waals surface area contributed by atoms with Crippen LogP contribution in [0.5, 0.6) is 0 Å². The van der Waals surface area contributed by atoms with E-state index in [1.54, 1.807) is 6.20 Å². The van der Waals surface area contributed by atoms with E-state index in [4.69, 9.17) is 11.6 Å². The molecular formula is C16H12ClN3O. The van der Waals surface area contributed by atoms with Crippen LogP contribution in [0.4, 0.5) is 0 Å². The molecule has 104 valence electrons. The number of H-pyrrole nitrogens is 1. The molecule has 1 aliphatic rings. The number of fused-ring (bicyclic) bond motifs is 2. The number of halogens is 1. The highest BCUT2D eigenvalue weighted by Gasteiger charge is 2.18.